The zero-order chi connectivity index (χ0) is 8.81. The lowest BCUT2D eigenvalue weighted by Gasteiger charge is -1.95. The van der Waals surface area contributed by atoms with Crippen LogP contribution in [-0.2, 0) is 0 Å². The zero-order valence-corrected chi connectivity index (χ0v) is 7.14. The Morgan fingerprint density at radius 2 is 2.42 bits per heavy atom. The highest BCUT2D eigenvalue weighted by Gasteiger charge is 1.95. The van der Waals surface area contributed by atoms with Gasteiger partial charge in [0, 0.05) is 11.9 Å². The fourth-order valence-corrected chi connectivity index (χ4v) is 1.25. The minimum atomic E-state index is -0.355. The molecule has 1 aromatic rings. The van der Waals surface area contributed by atoms with Crippen LogP contribution in [0, 0.1) is 11.3 Å². The van der Waals surface area contributed by atoms with Gasteiger partial charge in [-0.05, 0) is 12.1 Å². The summed E-state index contributed by atoms with van der Waals surface area (Å²) in [5.74, 6) is 0.416. The number of pyridine rings is 1. The number of aromatic nitrogens is 1. The maximum atomic E-state index is 11.7. The molecule has 4 heteroatoms. The van der Waals surface area contributed by atoms with Crippen LogP contribution in [-0.4, -0.2) is 17.4 Å². The smallest absolute Gasteiger partial charge is 0.101 e. The number of alkyl halides is 1. The van der Waals surface area contributed by atoms with E-state index in [2.05, 4.69) is 4.98 Å². The van der Waals surface area contributed by atoms with Gasteiger partial charge in [0.25, 0.3) is 0 Å². The van der Waals surface area contributed by atoms with Gasteiger partial charge in [-0.25, -0.2) is 4.98 Å². The maximum Gasteiger partial charge on any atom is 0.101 e. The van der Waals surface area contributed by atoms with Crippen LogP contribution in [0.25, 0.3) is 0 Å². The molecule has 1 heterocycles. The molecule has 2 nitrogen and oxygen atoms in total. The zero-order valence-electron chi connectivity index (χ0n) is 6.33. The van der Waals surface area contributed by atoms with Gasteiger partial charge < -0.3 is 0 Å². The minimum absolute atomic E-state index is 0.355. The van der Waals surface area contributed by atoms with Crippen molar-refractivity contribution in [3.8, 4) is 6.07 Å². The predicted octanol–water partition coefficient (Wildman–Crippen LogP) is 2.01. The summed E-state index contributed by atoms with van der Waals surface area (Å²) in [6.07, 6.45) is 1.49. The van der Waals surface area contributed by atoms with Crippen molar-refractivity contribution in [2.24, 2.45) is 0 Å². The Morgan fingerprint density at radius 3 is 2.92 bits per heavy atom. The van der Waals surface area contributed by atoms with Crippen LogP contribution in [0.2, 0.25) is 0 Å². The lowest BCUT2D eigenvalue weighted by Crippen LogP contribution is -1.84. The molecule has 12 heavy (non-hydrogen) atoms. The summed E-state index contributed by atoms with van der Waals surface area (Å²) in [7, 11) is 0. The van der Waals surface area contributed by atoms with Crippen LogP contribution in [0.15, 0.2) is 23.4 Å². The van der Waals surface area contributed by atoms with Crippen molar-refractivity contribution < 1.29 is 4.39 Å². The van der Waals surface area contributed by atoms with E-state index in [1.807, 2.05) is 6.07 Å². The van der Waals surface area contributed by atoms with Crippen molar-refractivity contribution in [2.75, 3.05) is 12.4 Å². The normalized spacial score (nSPS) is 9.33. The van der Waals surface area contributed by atoms with Crippen LogP contribution >= 0.6 is 11.8 Å². The second-order valence-corrected chi connectivity index (χ2v) is 3.15. The number of thioether (sulfide) groups is 1. The molecular weight excluding hydrogens is 175 g/mol. The van der Waals surface area contributed by atoms with Gasteiger partial charge in [0.05, 0.1) is 17.3 Å². The Bertz CT molecular complexity index is 278. The lowest BCUT2D eigenvalue weighted by atomic mass is 10.3. The number of rotatable bonds is 3. The summed E-state index contributed by atoms with van der Waals surface area (Å²) in [5.41, 5.74) is 0.527. The van der Waals surface area contributed by atoms with Gasteiger partial charge in [-0.15, -0.1) is 11.8 Å². The topological polar surface area (TPSA) is 36.7 Å². The van der Waals surface area contributed by atoms with E-state index < -0.39 is 0 Å². The van der Waals surface area contributed by atoms with Crippen molar-refractivity contribution in [3.63, 3.8) is 0 Å². The quantitative estimate of drug-likeness (QED) is 0.671. The van der Waals surface area contributed by atoms with E-state index in [9.17, 15) is 4.39 Å². The molecule has 0 aliphatic rings. The Labute approximate surface area is 74.4 Å². The van der Waals surface area contributed by atoms with E-state index in [0.717, 1.165) is 5.03 Å². The first-order valence-corrected chi connectivity index (χ1v) is 4.40. The Kier molecular flexibility index (Phi) is 3.55. The van der Waals surface area contributed by atoms with E-state index in [4.69, 9.17) is 5.26 Å². The molecule has 0 aliphatic carbocycles. The predicted molar refractivity (Wildman–Crippen MR) is 45.7 cm³/mol. The summed E-state index contributed by atoms with van der Waals surface area (Å²) in [6.45, 7) is -0.355. The number of halogens is 1. The standard InChI is InChI=1S/C8H7FN2S/c9-3-4-12-8-2-1-7(5-10)6-11-8/h1-2,6H,3-4H2. The average molecular weight is 182 g/mol. The molecule has 0 amide bonds. The van der Waals surface area contributed by atoms with Crippen molar-refractivity contribution in [3.05, 3.63) is 23.9 Å². The van der Waals surface area contributed by atoms with E-state index in [1.54, 1.807) is 12.1 Å². The molecule has 0 saturated carbocycles. The fraction of sp³-hybridized carbons (Fsp3) is 0.250. The first-order valence-electron chi connectivity index (χ1n) is 3.41. The van der Waals surface area contributed by atoms with Gasteiger partial charge >= 0.3 is 0 Å². The minimum Gasteiger partial charge on any atom is -0.250 e. The van der Waals surface area contributed by atoms with Gasteiger partial charge in [0.15, 0.2) is 0 Å². The summed E-state index contributed by atoms with van der Waals surface area (Å²) in [6, 6.07) is 5.36. The highest BCUT2D eigenvalue weighted by molar-refractivity contribution is 7.99. The molecular formula is C8H7FN2S. The SMILES string of the molecule is N#Cc1ccc(SCCF)nc1. The maximum absolute atomic E-state index is 11.7. The lowest BCUT2D eigenvalue weighted by molar-refractivity contribution is 0.532. The first-order chi connectivity index (χ1) is 5.86. The third kappa shape index (κ3) is 2.51. The third-order valence-electron chi connectivity index (χ3n) is 1.19. The summed E-state index contributed by atoms with van der Waals surface area (Å²) in [5, 5.41) is 9.20. The Balaban J connectivity index is 2.60. The van der Waals surface area contributed by atoms with E-state index >= 15 is 0 Å². The van der Waals surface area contributed by atoms with Crippen molar-refractivity contribution in [1.29, 1.82) is 5.26 Å². The summed E-state index contributed by atoms with van der Waals surface area (Å²) in [4.78, 5) is 3.96. The highest BCUT2D eigenvalue weighted by atomic mass is 32.2. The van der Waals surface area contributed by atoms with Gasteiger partial charge in [0.1, 0.15) is 6.07 Å². The Hall–Kier alpha value is -1.08. The van der Waals surface area contributed by atoms with Gasteiger partial charge in [-0.3, -0.25) is 4.39 Å². The third-order valence-corrected chi connectivity index (χ3v) is 2.09. The van der Waals surface area contributed by atoms with Crippen LogP contribution in [0.3, 0.4) is 0 Å². The monoisotopic (exact) mass is 182 g/mol. The van der Waals surface area contributed by atoms with Crippen molar-refractivity contribution in [1.82, 2.24) is 4.98 Å². The van der Waals surface area contributed by atoms with Crippen LogP contribution < -0.4 is 0 Å². The average Bonchev–Trinajstić information content (AvgIpc) is 2.15. The molecule has 0 bridgehead atoms. The van der Waals surface area contributed by atoms with Crippen molar-refractivity contribution in [2.45, 2.75) is 5.03 Å². The highest BCUT2D eigenvalue weighted by Crippen LogP contribution is 2.14. The molecule has 0 aliphatic heterocycles. The van der Waals surface area contributed by atoms with Crippen LogP contribution in [0.4, 0.5) is 4.39 Å². The summed E-state index contributed by atoms with van der Waals surface area (Å²) < 4.78 is 11.7. The number of nitrogens with zero attached hydrogens (tertiary/aromatic N) is 2. The molecule has 62 valence electrons. The second kappa shape index (κ2) is 4.73. The summed E-state index contributed by atoms with van der Waals surface area (Å²) >= 11 is 1.34. The molecule has 0 spiro atoms. The fourth-order valence-electron chi connectivity index (χ4n) is 0.675. The number of hydrogen-bond acceptors (Lipinski definition) is 3. The molecule has 1 aromatic heterocycles. The molecule has 0 atom stereocenters. The van der Waals surface area contributed by atoms with E-state index in [1.165, 1.54) is 18.0 Å². The largest absolute Gasteiger partial charge is 0.250 e. The Morgan fingerprint density at radius 1 is 1.58 bits per heavy atom. The second-order valence-electron chi connectivity index (χ2n) is 2.03. The van der Waals surface area contributed by atoms with E-state index in [0.29, 0.717) is 11.3 Å². The van der Waals surface area contributed by atoms with Gasteiger partial charge in [-0.2, -0.15) is 5.26 Å². The first kappa shape index (κ1) is 9.01. The van der Waals surface area contributed by atoms with Gasteiger partial charge in [0.2, 0.25) is 0 Å². The van der Waals surface area contributed by atoms with Crippen LogP contribution in [0.5, 0.6) is 0 Å². The molecule has 0 N–H and O–H groups in total. The molecule has 0 saturated heterocycles. The number of hydrogen-bond donors (Lipinski definition) is 0. The van der Waals surface area contributed by atoms with E-state index in [-0.39, 0.29) is 6.67 Å². The molecule has 1 rings (SSSR count). The van der Waals surface area contributed by atoms with Crippen LogP contribution in [0.1, 0.15) is 5.56 Å². The molecule has 0 aromatic carbocycles. The van der Waals surface area contributed by atoms with Crippen molar-refractivity contribution >= 4 is 11.8 Å². The molecule has 0 unspecified atom stereocenters. The van der Waals surface area contributed by atoms with Gasteiger partial charge in [-0.1, -0.05) is 0 Å². The number of nitriles is 1. The molecule has 0 fully saturated rings. The molecule has 0 radical (unpaired) electrons.